The van der Waals surface area contributed by atoms with E-state index in [9.17, 15) is 0 Å². The van der Waals surface area contributed by atoms with E-state index in [1.54, 1.807) is 7.11 Å². The number of methoxy groups -OCH3 is 1. The summed E-state index contributed by atoms with van der Waals surface area (Å²) in [7, 11) is 1.75. The summed E-state index contributed by atoms with van der Waals surface area (Å²) in [6.45, 7) is 6.18. The van der Waals surface area contributed by atoms with Crippen molar-refractivity contribution in [2.24, 2.45) is 11.1 Å². The van der Waals surface area contributed by atoms with Crippen LogP contribution in [-0.2, 0) is 4.74 Å². The van der Waals surface area contributed by atoms with Gasteiger partial charge in [-0.2, -0.15) is 0 Å². The van der Waals surface area contributed by atoms with Crippen molar-refractivity contribution < 1.29 is 4.74 Å². The first-order chi connectivity index (χ1) is 7.12. The Balaban J connectivity index is 2.33. The normalized spacial score (nSPS) is 18.1. The van der Waals surface area contributed by atoms with Gasteiger partial charge in [-0.3, -0.25) is 0 Å². The highest BCUT2D eigenvalue weighted by molar-refractivity contribution is 7.80. The summed E-state index contributed by atoms with van der Waals surface area (Å²) in [5, 5.41) is 0. The second kappa shape index (κ2) is 5.77. The molecule has 1 saturated carbocycles. The molecule has 0 spiro atoms. The molecule has 0 aromatic rings. The third-order valence-corrected chi connectivity index (χ3v) is 3.27. The molecule has 1 aliphatic rings. The smallest absolute Gasteiger partial charge is 0.0733 e. The minimum Gasteiger partial charge on any atom is -0.393 e. The third-order valence-electron chi connectivity index (χ3n) is 3.12. The lowest BCUT2D eigenvalue weighted by Crippen LogP contribution is -2.34. The summed E-state index contributed by atoms with van der Waals surface area (Å²) < 4.78 is 5.10. The SMILES string of the molecule is CCN(CCOC)CC1(CC(N)=S)CC1. The minimum atomic E-state index is 0.398. The lowest BCUT2D eigenvalue weighted by atomic mass is 10.0. The molecular weight excluding hydrogens is 208 g/mol. The monoisotopic (exact) mass is 230 g/mol. The molecule has 0 aromatic carbocycles. The predicted molar refractivity (Wildman–Crippen MR) is 67.1 cm³/mol. The van der Waals surface area contributed by atoms with Crippen LogP contribution >= 0.6 is 12.2 Å². The van der Waals surface area contributed by atoms with Crippen LogP contribution in [0.25, 0.3) is 0 Å². The summed E-state index contributed by atoms with van der Waals surface area (Å²) in [6, 6.07) is 0. The first kappa shape index (κ1) is 12.9. The zero-order chi connectivity index (χ0) is 11.3. The van der Waals surface area contributed by atoms with E-state index in [2.05, 4.69) is 11.8 Å². The average Bonchev–Trinajstić information content (AvgIpc) is 2.91. The number of rotatable bonds is 8. The molecule has 0 unspecified atom stereocenters. The van der Waals surface area contributed by atoms with Crippen molar-refractivity contribution in [3.63, 3.8) is 0 Å². The van der Waals surface area contributed by atoms with Gasteiger partial charge in [0.15, 0.2) is 0 Å². The highest BCUT2D eigenvalue weighted by atomic mass is 32.1. The summed E-state index contributed by atoms with van der Waals surface area (Å²) >= 11 is 4.99. The molecule has 15 heavy (non-hydrogen) atoms. The summed E-state index contributed by atoms with van der Waals surface area (Å²) in [4.78, 5) is 3.09. The highest BCUT2D eigenvalue weighted by Gasteiger charge is 2.43. The Labute approximate surface area is 98.0 Å². The maximum atomic E-state index is 5.62. The van der Waals surface area contributed by atoms with Crippen LogP contribution in [0.2, 0.25) is 0 Å². The number of nitrogens with zero attached hydrogens (tertiary/aromatic N) is 1. The molecule has 2 N–H and O–H groups in total. The number of hydrogen-bond acceptors (Lipinski definition) is 3. The van der Waals surface area contributed by atoms with Gasteiger partial charge >= 0.3 is 0 Å². The van der Waals surface area contributed by atoms with Crippen molar-refractivity contribution in [1.82, 2.24) is 4.90 Å². The Morgan fingerprint density at radius 2 is 2.20 bits per heavy atom. The Hall–Kier alpha value is -0.190. The van der Waals surface area contributed by atoms with Gasteiger partial charge in [0.05, 0.1) is 11.6 Å². The molecule has 0 aromatic heterocycles. The zero-order valence-corrected chi connectivity index (χ0v) is 10.6. The van der Waals surface area contributed by atoms with Crippen LogP contribution in [0.1, 0.15) is 26.2 Å². The highest BCUT2D eigenvalue weighted by Crippen LogP contribution is 2.49. The van der Waals surface area contributed by atoms with Gasteiger partial charge in [0.25, 0.3) is 0 Å². The van der Waals surface area contributed by atoms with Crippen molar-refractivity contribution in [1.29, 1.82) is 0 Å². The van der Waals surface area contributed by atoms with Gasteiger partial charge in [-0.25, -0.2) is 0 Å². The molecule has 0 amide bonds. The quantitative estimate of drug-likeness (QED) is 0.640. The number of hydrogen-bond donors (Lipinski definition) is 1. The molecule has 1 aliphatic carbocycles. The molecule has 0 bridgehead atoms. The molecule has 0 atom stereocenters. The fourth-order valence-corrected chi connectivity index (χ4v) is 2.29. The topological polar surface area (TPSA) is 38.5 Å². The second-order valence-electron chi connectivity index (χ2n) is 4.50. The molecule has 0 radical (unpaired) electrons. The molecule has 1 rings (SSSR count). The van der Waals surface area contributed by atoms with Gasteiger partial charge in [-0.1, -0.05) is 19.1 Å². The molecule has 4 heteroatoms. The number of thiocarbonyl (C=S) groups is 1. The maximum absolute atomic E-state index is 5.62. The van der Waals surface area contributed by atoms with Gasteiger partial charge in [-0.15, -0.1) is 0 Å². The first-order valence-electron chi connectivity index (χ1n) is 5.61. The van der Waals surface area contributed by atoms with E-state index in [1.807, 2.05) is 0 Å². The van der Waals surface area contributed by atoms with Gasteiger partial charge < -0.3 is 15.4 Å². The molecule has 1 fully saturated rings. The minimum absolute atomic E-state index is 0.398. The van der Waals surface area contributed by atoms with Crippen molar-refractivity contribution in [3.8, 4) is 0 Å². The Morgan fingerprint density at radius 1 is 1.53 bits per heavy atom. The zero-order valence-electron chi connectivity index (χ0n) is 9.79. The molecule has 0 saturated heterocycles. The van der Waals surface area contributed by atoms with E-state index >= 15 is 0 Å². The summed E-state index contributed by atoms with van der Waals surface area (Å²) in [6.07, 6.45) is 3.45. The lowest BCUT2D eigenvalue weighted by Gasteiger charge is -2.25. The standard InChI is InChI=1S/C11H22N2OS/c1-3-13(6-7-14-2)9-11(4-5-11)8-10(12)15/h3-9H2,1-2H3,(H2,12,15). The van der Waals surface area contributed by atoms with Gasteiger partial charge in [0.1, 0.15) is 0 Å². The fraction of sp³-hybridized carbons (Fsp3) is 0.909. The van der Waals surface area contributed by atoms with Crippen LogP contribution in [0.15, 0.2) is 0 Å². The van der Waals surface area contributed by atoms with Crippen LogP contribution in [-0.4, -0.2) is 43.2 Å². The molecule has 3 nitrogen and oxygen atoms in total. The summed E-state index contributed by atoms with van der Waals surface area (Å²) in [5.41, 5.74) is 6.02. The molecule has 0 aliphatic heterocycles. The van der Waals surface area contributed by atoms with Crippen molar-refractivity contribution in [2.75, 3.05) is 33.4 Å². The van der Waals surface area contributed by atoms with E-state index < -0.39 is 0 Å². The molecular formula is C11H22N2OS. The average molecular weight is 230 g/mol. The van der Waals surface area contributed by atoms with Crippen LogP contribution in [0.5, 0.6) is 0 Å². The predicted octanol–water partition coefficient (Wildman–Crippen LogP) is 1.41. The third kappa shape index (κ3) is 4.45. The fourth-order valence-electron chi connectivity index (χ4n) is 1.98. The Kier molecular flexibility index (Phi) is 4.96. The van der Waals surface area contributed by atoms with Crippen molar-refractivity contribution in [2.45, 2.75) is 26.2 Å². The number of likely N-dealkylation sites (N-methyl/N-ethyl adjacent to an activating group) is 1. The van der Waals surface area contributed by atoms with E-state index in [-0.39, 0.29) is 0 Å². The Bertz CT molecular complexity index is 217. The molecule has 0 heterocycles. The van der Waals surface area contributed by atoms with Crippen LogP contribution in [0, 0.1) is 5.41 Å². The number of nitrogens with two attached hydrogens (primary N) is 1. The first-order valence-corrected chi connectivity index (χ1v) is 6.02. The largest absolute Gasteiger partial charge is 0.393 e. The van der Waals surface area contributed by atoms with Crippen molar-refractivity contribution in [3.05, 3.63) is 0 Å². The Morgan fingerprint density at radius 3 is 2.60 bits per heavy atom. The van der Waals surface area contributed by atoms with Gasteiger partial charge in [0, 0.05) is 26.6 Å². The van der Waals surface area contributed by atoms with E-state index in [4.69, 9.17) is 22.7 Å². The maximum Gasteiger partial charge on any atom is 0.0733 e. The molecule has 88 valence electrons. The van der Waals surface area contributed by atoms with Crippen LogP contribution in [0.4, 0.5) is 0 Å². The van der Waals surface area contributed by atoms with E-state index in [0.717, 1.165) is 32.7 Å². The van der Waals surface area contributed by atoms with Gasteiger partial charge in [0.2, 0.25) is 0 Å². The number of ether oxygens (including phenoxy) is 1. The lowest BCUT2D eigenvalue weighted by molar-refractivity contribution is 0.137. The van der Waals surface area contributed by atoms with E-state index in [1.165, 1.54) is 12.8 Å². The van der Waals surface area contributed by atoms with Crippen molar-refractivity contribution >= 4 is 17.2 Å². The van der Waals surface area contributed by atoms with E-state index in [0.29, 0.717) is 10.4 Å². The van der Waals surface area contributed by atoms with Gasteiger partial charge in [-0.05, 0) is 24.8 Å². The van der Waals surface area contributed by atoms with Crippen LogP contribution < -0.4 is 5.73 Å². The second-order valence-corrected chi connectivity index (χ2v) is 5.03. The summed E-state index contributed by atoms with van der Waals surface area (Å²) in [5.74, 6) is 0. The van der Waals surface area contributed by atoms with Crippen LogP contribution in [0.3, 0.4) is 0 Å².